The molecule has 0 amide bonds. The Morgan fingerprint density at radius 1 is 1.17 bits per heavy atom. The van der Waals surface area contributed by atoms with Crippen molar-refractivity contribution in [3.8, 4) is 0 Å². The summed E-state index contributed by atoms with van der Waals surface area (Å²) < 4.78 is 0. The second kappa shape index (κ2) is 6.24. The molecule has 1 aliphatic rings. The largest absolute Gasteiger partial charge is 0.374 e. The average molecular weight is 246 g/mol. The van der Waals surface area contributed by atoms with Crippen LogP contribution in [0, 0.1) is 5.92 Å². The number of anilines is 1. The van der Waals surface area contributed by atoms with Crippen molar-refractivity contribution in [2.24, 2.45) is 11.7 Å². The Hall–Kier alpha value is -1.02. The molecular formula is C16H26N2. The van der Waals surface area contributed by atoms with Crippen molar-refractivity contribution in [1.29, 1.82) is 0 Å². The molecule has 1 aliphatic carbocycles. The molecule has 1 unspecified atom stereocenters. The SMILES string of the molecule is CC(N)c1ccc(N(C)CC2CCCCC2)cc1. The molecule has 1 aromatic carbocycles. The molecule has 1 atom stereocenters. The van der Waals surface area contributed by atoms with Crippen LogP contribution < -0.4 is 10.6 Å². The molecule has 0 heterocycles. The lowest BCUT2D eigenvalue weighted by molar-refractivity contribution is 0.362. The number of nitrogens with two attached hydrogens (primary N) is 1. The van der Waals surface area contributed by atoms with Crippen LogP contribution in [-0.4, -0.2) is 13.6 Å². The van der Waals surface area contributed by atoms with E-state index in [0.29, 0.717) is 0 Å². The van der Waals surface area contributed by atoms with Crippen molar-refractivity contribution in [3.05, 3.63) is 29.8 Å². The molecule has 1 fully saturated rings. The molecule has 1 saturated carbocycles. The molecule has 2 rings (SSSR count). The zero-order valence-electron chi connectivity index (χ0n) is 11.7. The molecule has 0 bridgehead atoms. The highest BCUT2D eigenvalue weighted by Crippen LogP contribution is 2.26. The van der Waals surface area contributed by atoms with E-state index in [1.54, 1.807) is 0 Å². The molecule has 0 aliphatic heterocycles. The summed E-state index contributed by atoms with van der Waals surface area (Å²) in [5, 5.41) is 0. The van der Waals surface area contributed by atoms with Crippen LogP contribution in [0.4, 0.5) is 5.69 Å². The summed E-state index contributed by atoms with van der Waals surface area (Å²) in [5.74, 6) is 0.886. The Labute approximate surface area is 111 Å². The van der Waals surface area contributed by atoms with E-state index in [4.69, 9.17) is 5.73 Å². The molecule has 18 heavy (non-hydrogen) atoms. The van der Waals surface area contributed by atoms with Gasteiger partial charge in [0.2, 0.25) is 0 Å². The van der Waals surface area contributed by atoms with Gasteiger partial charge in [-0.25, -0.2) is 0 Å². The predicted octanol–water partition coefficient (Wildman–Crippen LogP) is 3.72. The molecule has 2 nitrogen and oxygen atoms in total. The maximum atomic E-state index is 5.88. The maximum Gasteiger partial charge on any atom is 0.0363 e. The number of hydrogen-bond donors (Lipinski definition) is 1. The Morgan fingerprint density at radius 2 is 1.78 bits per heavy atom. The number of nitrogens with zero attached hydrogens (tertiary/aromatic N) is 1. The predicted molar refractivity (Wildman–Crippen MR) is 78.9 cm³/mol. The first kappa shape index (κ1) is 13.4. The van der Waals surface area contributed by atoms with Gasteiger partial charge in [0.15, 0.2) is 0 Å². The van der Waals surface area contributed by atoms with Crippen LogP contribution in [0.5, 0.6) is 0 Å². The highest BCUT2D eigenvalue weighted by Gasteiger charge is 2.15. The van der Waals surface area contributed by atoms with Crippen LogP contribution >= 0.6 is 0 Å². The lowest BCUT2D eigenvalue weighted by atomic mass is 9.89. The molecule has 100 valence electrons. The van der Waals surface area contributed by atoms with E-state index < -0.39 is 0 Å². The number of benzene rings is 1. The monoisotopic (exact) mass is 246 g/mol. The minimum Gasteiger partial charge on any atom is -0.374 e. The Morgan fingerprint density at radius 3 is 2.33 bits per heavy atom. The van der Waals surface area contributed by atoms with E-state index in [2.05, 4.69) is 36.2 Å². The summed E-state index contributed by atoms with van der Waals surface area (Å²) in [7, 11) is 2.20. The van der Waals surface area contributed by atoms with Gasteiger partial charge in [-0.1, -0.05) is 31.4 Å². The quantitative estimate of drug-likeness (QED) is 0.877. The van der Waals surface area contributed by atoms with Crippen LogP contribution in [0.2, 0.25) is 0 Å². The third-order valence-electron chi connectivity index (χ3n) is 4.12. The van der Waals surface area contributed by atoms with Crippen LogP contribution in [0.1, 0.15) is 50.6 Å². The minimum absolute atomic E-state index is 0.128. The molecule has 2 N–H and O–H groups in total. The molecule has 0 saturated heterocycles. The third-order valence-corrected chi connectivity index (χ3v) is 4.12. The Kier molecular flexibility index (Phi) is 4.65. The lowest BCUT2D eigenvalue weighted by Gasteiger charge is -2.28. The van der Waals surface area contributed by atoms with E-state index in [9.17, 15) is 0 Å². The van der Waals surface area contributed by atoms with Gasteiger partial charge in [0.1, 0.15) is 0 Å². The van der Waals surface area contributed by atoms with E-state index in [-0.39, 0.29) is 6.04 Å². The first-order valence-corrected chi connectivity index (χ1v) is 7.23. The van der Waals surface area contributed by atoms with Gasteiger partial charge in [-0.15, -0.1) is 0 Å². The van der Waals surface area contributed by atoms with Crippen molar-refractivity contribution < 1.29 is 0 Å². The summed E-state index contributed by atoms with van der Waals surface area (Å²) in [4.78, 5) is 2.39. The number of hydrogen-bond acceptors (Lipinski definition) is 2. The topological polar surface area (TPSA) is 29.3 Å². The minimum atomic E-state index is 0.128. The van der Waals surface area contributed by atoms with E-state index in [1.165, 1.54) is 49.9 Å². The van der Waals surface area contributed by atoms with Crippen LogP contribution in [-0.2, 0) is 0 Å². The van der Waals surface area contributed by atoms with Gasteiger partial charge in [-0.3, -0.25) is 0 Å². The summed E-state index contributed by atoms with van der Waals surface area (Å²) in [6.07, 6.45) is 7.08. The van der Waals surface area contributed by atoms with Gasteiger partial charge >= 0.3 is 0 Å². The van der Waals surface area contributed by atoms with Gasteiger partial charge in [-0.2, -0.15) is 0 Å². The third kappa shape index (κ3) is 3.49. The van der Waals surface area contributed by atoms with Crippen molar-refractivity contribution in [1.82, 2.24) is 0 Å². The molecule has 0 radical (unpaired) electrons. The summed E-state index contributed by atoms with van der Waals surface area (Å²) in [6.45, 7) is 3.22. The van der Waals surface area contributed by atoms with Gasteiger partial charge in [0, 0.05) is 25.3 Å². The zero-order chi connectivity index (χ0) is 13.0. The summed E-state index contributed by atoms with van der Waals surface area (Å²) in [6, 6.07) is 8.82. The molecular weight excluding hydrogens is 220 g/mol. The summed E-state index contributed by atoms with van der Waals surface area (Å²) >= 11 is 0. The molecule has 0 aromatic heterocycles. The van der Waals surface area contributed by atoms with Crippen molar-refractivity contribution >= 4 is 5.69 Å². The van der Waals surface area contributed by atoms with E-state index in [1.807, 2.05) is 6.92 Å². The fourth-order valence-electron chi connectivity index (χ4n) is 2.89. The van der Waals surface area contributed by atoms with Gasteiger partial charge in [0.05, 0.1) is 0 Å². The highest BCUT2D eigenvalue weighted by atomic mass is 15.1. The van der Waals surface area contributed by atoms with Crippen LogP contribution in [0.25, 0.3) is 0 Å². The van der Waals surface area contributed by atoms with Crippen LogP contribution in [0.3, 0.4) is 0 Å². The van der Waals surface area contributed by atoms with Crippen molar-refractivity contribution in [2.45, 2.75) is 45.1 Å². The number of rotatable bonds is 4. The fraction of sp³-hybridized carbons (Fsp3) is 0.625. The van der Waals surface area contributed by atoms with E-state index >= 15 is 0 Å². The second-order valence-electron chi connectivity index (χ2n) is 5.76. The van der Waals surface area contributed by atoms with Gasteiger partial charge in [-0.05, 0) is 43.4 Å². The second-order valence-corrected chi connectivity index (χ2v) is 5.76. The van der Waals surface area contributed by atoms with Gasteiger partial charge in [0.25, 0.3) is 0 Å². The smallest absolute Gasteiger partial charge is 0.0363 e. The fourth-order valence-corrected chi connectivity index (χ4v) is 2.89. The maximum absolute atomic E-state index is 5.88. The average Bonchev–Trinajstić information content (AvgIpc) is 2.40. The Bertz CT molecular complexity index is 350. The normalized spacial score (nSPS) is 18.6. The first-order chi connectivity index (χ1) is 8.66. The standard InChI is InChI=1S/C16H26N2/c1-13(17)15-8-10-16(11-9-15)18(2)12-14-6-4-3-5-7-14/h8-11,13-14H,3-7,12,17H2,1-2H3. The van der Waals surface area contributed by atoms with Crippen molar-refractivity contribution in [2.75, 3.05) is 18.5 Å². The molecule has 1 aromatic rings. The van der Waals surface area contributed by atoms with E-state index in [0.717, 1.165) is 5.92 Å². The van der Waals surface area contributed by atoms with Crippen LogP contribution in [0.15, 0.2) is 24.3 Å². The first-order valence-electron chi connectivity index (χ1n) is 7.23. The zero-order valence-corrected chi connectivity index (χ0v) is 11.7. The lowest BCUT2D eigenvalue weighted by Crippen LogP contribution is -2.26. The Balaban J connectivity index is 1.93. The highest BCUT2D eigenvalue weighted by molar-refractivity contribution is 5.47. The molecule has 2 heteroatoms. The summed E-state index contributed by atoms with van der Waals surface area (Å²) in [5.41, 5.74) is 8.40. The molecule has 0 spiro atoms. The van der Waals surface area contributed by atoms with Gasteiger partial charge < -0.3 is 10.6 Å². The van der Waals surface area contributed by atoms with Crippen molar-refractivity contribution in [3.63, 3.8) is 0 Å².